The zero-order valence-corrected chi connectivity index (χ0v) is 23.2. The Labute approximate surface area is 248 Å². The van der Waals surface area contributed by atoms with Gasteiger partial charge in [-0.1, -0.05) is 97.1 Å². The molecule has 0 aliphatic carbocycles. The van der Waals surface area contributed by atoms with Crippen LogP contribution in [0.1, 0.15) is 0 Å². The number of nitrogens with zero attached hydrogens (tertiary/aromatic N) is 5. The first kappa shape index (κ1) is 24.8. The van der Waals surface area contributed by atoms with Gasteiger partial charge in [-0.25, -0.2) is 15.0 Å². The lowest BCUT2D eigenvalue weighted by Gasteiger charge is -2.16. The first-order chi connectivity index (χ1) is 21.3. The molecule has 3 heterocycles. The van der Waals surface area contributed by atoms with Gasteiger partial charge in [0.1, 0.15) is 0 Å². The molecule has 0 radical (unpaired) electrons. The number of rotatable bonds is 5. The maximum atomic E-state index is 4.99. The summed E-state index contributed by atoms with van der Waals surface area (Å²) in [6.07, 6.45) is 3.67. The van der Waals surface area contributed by atoms with Gasteiger partial charge in [0.05, 0.1) is 16.7 Å². The van der Waals surface area contributed by atoms with Gasteiger partial charge >= 0.3 is 0 Å². The summed E-state index contributed by atoms with van der Waals surface area (Å²) in [6, 6.07) is 47.8. The Morgan fingerprint density at radius 2 is 0.884 bits per heavy atom. The van der Waals surface area contributed by atoms with Crippen LogP contribution in [0.5, 0.6) is 0 Å². The van der Waals surface area contributed by atoms with Crippen molar-refractivity contribution in [3.05, 3.63) is 152 Å². The minimum Gasteiger partial charge on any atom is -0.309 e. The molecule has 43 heavy (non-hydrogen) atoms. The molecule has 0 fully saturated rings. The monoisotopic (exact) mass is 551 g/mol. The number of benzene rings is 5. The second kappa shape index (κ2) is 10.5. The van der Waals surface area contributed by atoms with Crippen molar-refractivity contribution in [3.8, 4) is 51.0 Å². The molecule has 0 saturated carbocycles. The Hall–Kier alpha value is -5.94. The fourth-order valence-corrected chi connectivity index (χ4v) is 5.75. The van der Waals surface area contributed by atoms with Gasteiger partial charge in [0.2, 0.25) is 0 Å². The lowest BCUT2D eigenvalue weighted by atomic mass is 10.0. The summed E-state index contributed by atoms with van der Waals surface area (Å²) in [4.78, 5) is 19.1. The summed E-state index contributed by atoms with van der Waals surface area (Å²) in [5.74, 6) is 1.90. The highest BCUT2D eigenvalue weighted by molar-refractivity contribution is 6.09. The number of pyridine rings is 1. The van der Waals surface area contributed by atoms with Crippen LogP contribution in [0.2, 0.25) is 0 Å². The number of aromatic nitrogens is 5. The van der Waals surface area contributed by atoms with E-state index in [1.165, 1.54) is 10.8 Å². The van der Waals surface area contributed by atoms with E-state index in [4.69, 9.17) is 15.0 Å². The lowest BCUT2D eigenvalue weighted by Crippen LogP contribution is -2.02. The second-order valence-corrected chi connectivity index (χ2v) is 10.4. The molecule has 0 amide bonds. The normalized spacial score (nSPS) is 11.3. The molecule has 202 valence electrons. The zero-order chi connectivity index (χ0) is 28.6. The molecule has 0 aliphatic rings. The van der Waals surface area contributed by atoms with Crippen molar-refractivity contribution in [3.63, 3.8) is 0 Å². The topological polar surface area (TPSA) is 56.5 Å². The number of para-hydroxylation sites is 2. The third-order valence-electron chi connectivity index (χ3n) is 7.77. The molecule has 8 aromatic rings. The first-order valence-electron chi connectivity index (χ1n) is 14.2. The lowest BCUT2D eigenvalue weighted by molar-refractivity contribution is 1.07. The third kappa shape index (κ3) is 4.44. The van der Waals surface area contributed by atoms with E-state index in [2.05, 4.69) is 88.4 Å². The maximum Gasteiger partial charge on any atom is 0.164 e. The zero-order valence-electron chi connectivity index (χ0n) is 23.2. The molecule has 5 aromatic carbocycles. The summed E-state index contributed by atoms with van der Waals surface area (Å²) < 4.78 is 2.35. The third-order valence-corrected chi connectivity index (χ3v) is 7.77. The van der Waals surface area contributed by atoms with Gasteiger partial charge in [0, 0.05) is 45.4 Å². The number of hydrogen-bond donors (Lipinski definition) is 0. The Kier molecular flexibility index (Phi) is 6.05. The van der Waals surface area contributed by atoms with Crippen LogP contribution < -0.4 is 0 Å². The van der Waals surface area contributed by atoms with Crippen LogP contribution in [0.15, 0.2) is 152 Å². The van der Waals surface area contributed by atoms with E-state index in [1.807, 2.05) is 73.1 Å². The highest BCUT2D eigenvalue weighted by Crippen LogP contribution is 2.38. The molecular weight excluding hydrogens is 526 g/mol. The van der Waals surface area contributed by atoms with Crippen molar-refractivity contribution in [2.75, 3.05) is 0 Å². The van der Waals surface area contributed by atoms with Crippen LogP contribution in [0.3, 0.4) is 0 Å². The maximum absolute atomic E-state index is 4.99. The molecule has 0 saturated heterocycles. The molecule has 0 bridgehead atoms. The van der Waals surface area contributed by atoms with Crippen LogP contribution in [-0.2, 0) is 0 Å². The molecule has 0 N–H and O–H groups in total. The van der Waals surface area contributed by atoms with Gasteiger partial charge in [0.15, 0.2) is 17.5 Å². The van der Waals surface area contributed by atoms with Crippen LogP contribution in [0, 0.1) is 0 Å². The molecular formula is C38H25N5. The molecule has 8 rings (SSSR count). The van der Waals surface area contributed by atoms with Crippen LogP contribution in [0.4, 0.5) is 0 Å². The minimum absolute atomic E-state index is 0.622. The number of fused-ring (bicyclic) bond motifs is 3. The molecule has 3 aromatic heterocycles. The average Bonchev–Trinajstić information content (AvgIpc) is 3.43. The van der Waals surface area contributed by atoms with Crippen LogP contribution >= 0.6 is 0 Å². The first-order valence-corrected chi connectivity index (χ1v) is 14.2. The molecule has 0 unspecified atom stereocenters. The van der Waals surface area contributed by atoms with E-state index in [9.17, 15) is 0 Å². The highest BCUT2D eigenvalue weighted by Gasteiger charge is 2.18. The Bertz CT molecular complexity index is 2110. The minimum atomic E-state index is 0.622. The summed E-state index contributed by atoms with van der Waals surface area (Å²) in [5.41, 5.74) is 8.32. The fraction of sp³-hybridized carbons (Fsp3) is 0. The van der Waals surface area contributed by atoms with Crippen molar-refractivity contribution in [1.29, 1.82) is 0 Å². The molecule has 0 aliphatic heterocycles. The Morgan fingerprint density at radius 1 is 0.395 bits per heavy atom. The fourth-order valence-electron chi connectivity index (χ4n) is 5.75. The second-order valence-electron chi connectivity index (χ2n) is 10.4. The standard InChI is InChI=1S/C38H25N5/c1-3-11-27(12-4-1)36-40-37(28-13-5-2-6-14-28)42-38(41-36)29-19-20-35(32(25-29)26-21-23-39-24-22-26)43-33-17-9-7-15-30(33)31-16-8-10-18-34(31)43/h1-25H. The predicted molar refractivity (Wildman–Crippen MR) is 174 cm³/mol. The molecule has 5 heteroatoms. The van der Waals surface area contributed by atoms with Gasteiger partial charge < -0.3 is 4.57 Å². The largest absolute Gasteiger partial charge is 0.309 e. The Morgan fingerprint density at radius 3 is 1.44 bits per heavy atom. The predicted octanol–water partition coefficient (Wildman–Crippen LogP) is 9.03. The average molecular weight is 552 g/mol. The summed E-state index contributed by atoms with van der Waals surface area (Å²) in [7, 11) is 0. The van der Waals surface area contributed by atoms with E-state index >= 15 is 0 Å². The van der Waals surface area contributed by atoms with Crippen LogP contribution in [0.25, 0.3) is 72.8 Å². The summed E-state index contributed by atoms with van der Waals surface area (Å²) in [5, 5.41) is 2.45. The van der Waals surface area contributed by atoms with Gasteiger partial charge in [-0.05, 0) is 48.0 Å². The van der Waals surface area contributed by atoms with Gasteiger partial charge in [-0.15, -0.1) is 0 Å². The van der Waals surface area contributed by atoms with Gasteiger partial charge in [-0.3, -0.25) is 4.98 Å². The molecule has 5 nitrogen and oxygen atoms in total. The van der Waals surface area contributed by atoms with E-state index in [1.54, 1.807) is 0 Å². The van der Waals surface area contributed by atoms with Gasteiger partial charge in [0.25, 0.3) is 0 Å². The van der Waals surface area contributed by atoms with Crippen molar-refractivity contribution in [2.24, 2.45) is 0 Å². The van der Waals surface area contributed by atoms with Crippen molar-refractivity contribution < 1.29 is 0 Å². The highest BCUT2D eigenvalue weighted by atomic mass is 15.0. The molecule has 0 spiro atoms. The van der Waals surface area contributed by atoms with E-state index in [-0.39, 0.29) is 0 Å². The Balaban J connectivity index is 1.38. The van der Waals surface area contributed by atoms with E-state index in [0.29, 0.717) is 17.5 Å². The SMILES string of the molecule is c1ccc(-c2nc(-c3ccccc3)nc(-c3ccc(-n4c5ccccc5c5ccccc54)c(-c4ccncc4)c3)n2)cc1. The smallest absolute Gasteiger partial charge is 0.164 e. The van der Waals surface area contributed by atoms with Crippen molar-refractivity contribution >= 4 is 21.8 Å². The quantitative estimate of drug-likeness (QED) is 0.214. The van der Waals surface area contributed by atoms with E-state index < -0.39 is 0 Å². The van der Waals surface area contributed by atoms with Crippen molar-refractivity contribution in [1.82, 2.24) is 24.5 Å². The van der Waals surface area contributed by atoms with Gasteiger partial charge in [-0.2, -0.15) is 0 Å². The summed E-state index contributed by atoms with van der Waals surface area (Å²) in [6.45, 7) is 0. The summed E-state index contributed by atoms with van der Waals surface area (Å²) >= 11 is 0. The van der Waals surface area contributed by atoms with Crippen molar-refractivity contribution in [2.45, 2.75) is 0 Å². The van der Waals surface area contributed by atoms with E-state index in [0.717, 1.165) is 44.5 Å². The molecule has 0 atom stereocenters. The number of hydrogen-bond acceptors (Lipinski definition) is 4. The van der Waals surface area contributed by atoms with Crippen LogP contribution in [-0.4, -0.2) is 24.5 Å².